The van der Waals surface area contributed by atoms with Crippen molar-refractivity contribution in [3.63, 3.8) is 0 Å². The number of benzene rings is 1. The van der Waals surface area contributed by atoms with Crippen LogP contribution in [0.4, 0.5) is 0 Å². The van der Waals surface area contributed by atoms with Crippen molar-refractivity contribution >= 4 is 26.8 Å². The highest BCUT2D eigenvalue weighted by molar-refractivity contribution is 9.10. The third kappa shape index (κ3) is 2.40. The normalized spacial score (nSPS) is 12.9. The molecular weight excluding hydrogens is 314 g/mol. The summed E-state index contributed by atoms with van der Waals surface area (Å²) in [7, 11) is 0. The van der Waals surface area contributed by atoms with Crippen molar-refractivity contribution in [1.82, 2.24) is 14.3 Å². The lowest BCUT2D eigenvalue weighted by atomic mass is 10.2. The monoisotopic (exact) mass is 331 g/mol. The number of rotatable bonds is 4. The molecule has 0 spiro atoms. The highest BCUT2D eigenvalue weighted by atomic mass is 79.9. The van der Waals surface area contributed by atoms with E-state index >= 15 is 0 Å². The number of aromatic nitrogens is 3. The highest BCUT2D eigenvalue weighted by Gasteiger charge is 2.08. The minimum absolute atomic E-state index is 0.458. The van der Waals surface area contributed by atoms with E-state index in [0.29, 0.717) is 6.04 Å². The van der Waals surface area contributed by atoms with E-state index in [1.807, 2.05) is 0 Å². The zero-order valence-electron chi connectivity index (χ0n) is 11.8. The van der Waals surface area contributed by atoms with E-state index in [-0.39, 0.29) is 0 Å². The molecule has 3 rings (SSSR count). The van der Waals surface area contributed by atoms with Crippen molar-refractivity contribution in [3.05, 3.63) is 52.9 Å². The quantitative estimate of drug-likeness (QED) is 0.684. The minimum Gasteiger partial charge on any atom is -0.341 e. The smallest absolute Gasteiger partial charge is 0.0821 e. The maximum absolute atomic E-state index is 4.67. The molecule has 3 aromatic rings. The van der Waals surface area contributed by atoms with Crippen LogP contribution in [-0.2, 0) is 6.54 Å². The van der Waals surface area contributed by atoms with Gasteiger partial charge in [-0.2, -0.15) is 5.10 Å². The summed E-state index contributed by atoms with van der Waals surface area (Å²) < 4.78 is 5.43. The molecule has 0 saturated carbocycles. The van der Waals surface area contributed by atoms with Crippen molar-refractivity contribution < 1.29 is 0 Å². The lowest BCUT2D eigenvalue weighted by Gasteiger charge is -2.08. The average molecular weight is 332 g/mol. The van der Waals surface area contributed by atoms with Gasteiger partial charge in [0.25, 0.3) is 0 Å². The standard InChI is InChI=1S/C16H18BrN3/c1-3-12(2)20-10-7-13(18-20)11-19-9-8-14-15(17)5-4-6-16(14)19/h4-10,12H,3,11H2,1-2H3. The molecule has 3 nitrogen and oxygen atoms in total. The van der Waals surface area contributed by atoms with E-state index in [1.165, 1.54) is 10.9 Å². The molecule has 104 valence electrons. The van der Waals surface area contributed by atoms with Crippen LogP contribution in [0.2, 0.25) is 0 Å². The lowest BCUT2D eigenvalue weighted by molar-refractivity contribution is 0.472. The van der Waals surface area contributed by atoms with Crippen molar-refractivity contribution in [3.8, 4) is 0 Å². The zero-order valence-corrected chi connectivity index (χ0v) is 13.3. The molecule has 0 aliphatic heterocycles. The van der Waals surface area contributed by atoms with Crippen LogP contribution in [0.3, 0.4) is 0 Å². The molecule has 4 heteroatoms. The molecule has 0 N–H and O–H groups in total. The van der Waals surface area contributed by atoms with Gasteiger partial charge < -0.3 is 4.57 Å². The molecule has 2 heterocycles. The molecule has 1 unspecified atom stereocenters. The molecule has 0 amide bonds. The summed E-state index contributed by atoms with van der Waals surface area (Å²) in [4.78, 5) is 0. The van der Waals surface area contributed by atoms with E-state index in [9.17, 15) is 0 Å². The fourth-order valence-electron chi connectivity index (χ4n) is 2.39. The van der Waals surface area contributed by atoms with Crippen LogP contribution < -0.4 is 0 Å². The number of hydrogen-bond acceptors (Lipinski definition) is 1. The fraction of sp³-hybridized carbons (Fsp3) is 0.312. The Morgan fingerprint density at radius 1 is 1.20 bits per heavy atom. The van der Waals surface area contributed by atoms with E-state index in [1.54, 1.807) is 0 Å². The van der Waals surface area contributed by atoms with Crippen molar-refractivity contribution in [2.45, 2.75) is 32.9 Å². The fourth-order valence-corrected chi connectivity index (χ4v) is 2.88. The second-order valence-corrected chi connectivity index (χ2v) is 6.01. The average Bonchev–Trinajstić information content (AvgIpc) is 3.07. The first-order chi connectivity index (χ1) is 9.69. The molecule has 0 saturated heterocycles. The van der Waals surface area contributed by atoms with Gasteiger partial charge in [-0.1, -0.05) is 28.9 Å². The van der Waals surface area contributed by atoms with E-state index in [2.05, 4.69) is 86.9 Å². The van der Waals surface area contributed by atoms with Crippen LogP contribution in [0.5, 0.6) is 0 Å². The summed E-state index contributed by atoms with van der Waals surface area (Å²) in [6.45, 7) is 5.19. The van der Waals surface area contributed by atoms with Crippen molar-refractivity contribution in [1.29, 1.82) is 0 Å². The van der Waals surface area contributed by atoms with E-state index < -0.39 is 0 Å². The third-order valence-corrected chi connectivity index (χ3v) is 4.49. The topological polar surface area (TPSA) is 22.8 Å². The Hall–Kier alpha value is -1.55. The van der Waals surface area contributed by atoms with Gasteiger partial charge in [-0.3, -0.25) is 4.68 Å². The molecule has 1 atom stereocenters. The van der Waals surface area contributed by atoms with Crippen molar-refractivity contribution in [2.75, 3.05) is 0 Å². The van der Waals surface area contributed by atoms with Gasteiger partial charge in [0.1, 0.15) is 0 Å². The van der Waals surface area contributed by atoms with Crippen LogP contribution in [0, 0.1) is 0 Å². The van der Waals surface area contributed by atoms with Crippen LogP contribution in [0.25, 0.3) is 10.9 Å². The SMILES string of the molecule is CCC(C)n1ccc(Cn2ccc3c(Br)cccc32)n1. The van der Waals surface area contributed by atoms with Gasteiger partial charge in [-0.15, -0.1) is 0 Å². The predicted molar refractivity (Wildman–Crippen MR) is 86.0 cm³/mol. The Labute approximate surface area is 127 Å². The summed E-state index contributed by atoms with van der Waals surface area (Å²) >= 11 is 3.60. The van der Waals surface area contributed by atoms with Crippen LogP contribution >= 0.6 is 15.9 Å². The zero-order chi connectivity index (χ0) is 14.1. The van der Waals surface area contributed by atoms with Gasteiger partial charge in [-0.25, -0.2) is 0 Å². The second-order valence-electron chi connectivity index (χ2n) is 5.16. The molecule has 0 aliphatic rings. The Kier molecular flexibility index (Phi) is 3.66. The number of fused-ring (bicyclic) bond motifs is 1. The van der Waals surface area contributed by atoms with Crippen LogP contribution in [0.15, 0.2) is 47.2 Å². The summed E-state index contributed by atoms with van der Waals surface area (Å²) in [6.07, 6.45) is 5.29. The van der Waals surface area contributed by atoms with E-state index in [0.717, 1.165) is 23.1 Å². The Bertz CT molecular complexity index is 726. The molecule has 0 bridgehead atoms. The van der Waals surface area contributed by atoms with Gasteiger partial charge in [-0.05, 0) is 37.6 Å². The van der Waals surface area contributed by atoms with Gasteiger partial charge in [0.05, 0.1) is 12.2 Å². The predicted octanol–water partition coefficient (Wildman–Crippen LogP) is 4.62. The molecule has 0 radical (unpaired) electrons. The Morgan fingerprint density at radius 2 is 2.05 bits per heavy atom. The van der Waals surface area contributed by atoms with Crippen LogP contribution in [-0.4, -0.2) is 14.3 Å². The summed E-state index contributed by atoms with van der Waals surface area (Å²) in [5.74, 6) is 0. The summed E-state index contributed by atoms with van der Waals surface area (Å²) in [6, 6.07) is 11.0. The maximum atomic E-state index is 4.67. The first kappa shape index (κ1) is 13.4. The Balaban J connectivity index is 1.90. The first-order valence-electron chi connectivity index (χ1n) is 6.96. The number of nitrogens with zero attached hydrogens (tertiary/aromatic N) is 3. The second kappa shape index (κ2) is 5.44. The molecule has 0 aliphatic carbocycles. The van der Waals surface area contributed by atoms with Crippen LogP contribution in [0.1, 0.15) is 32.0 Å². The first-order valence-corrected chi connectivity index (χ1v) is 7.75. The van der Waals surface area contributed by atoms with Gasteiger partial charge >= 0.3 is 0 Å². The van der Waals surface area contributed by atoms with Gasteiger partial charge in [0.2, 0.25) is 0 Å². The molecular formula is C16H18BrN3. The number of halogens is 1. The molecule has 1 aromatic carbocycles. The highest BCUT2D eigenvalue weighted by Crippen LogP contribution is 2.25. The van der Waals surface area contributed by atoms with Gasteiger partial charge in [0.15, 0.2) is 0 Å². The van der Waals surface area contributed by atoms with Crippen molar-refractivity contribution in [2.24, 2.45) is 0 Å². The largest absolute Gasteiger partial charge is 0.341 e. The minimum atomic E-state index is 0.458. The molecule has 20 heavy (non-hydrogen) atoms. The molecule has 2 aromatic heterocycles. The lowest BCUT2D eigenvalue weighted by Crippen LogP contribution is -2.06. The maximum Gasteiger partial charge on any atom is 0.0821 e. The summed E-state index contributed by atoms with van der Waals surface area (Å²) in [5.41, 5.74) is 2.33. The molecule has 0 fully saturated rings. The third-order valence-electron chi connectivity index (χ3n) is 3.80. The van der Waals surface area contributed by atoms with E-state index in [4.69, 9.17) is 0 Å². The Morgan fingerprint density at radius 3 is 2.85 bits per heavy atom. The van der Waals surface area contributed by atoms with Gasteiger partial charge in [0, 0.05) is 33.8 Å². The number of hydrogen-bond donors (Lipinski definition) is 0. The summed E-state index contributed by atoms with van der Waals surface area (Å²) in [5, 5.41) is 5.91.